The average molecular weight is 605 g/mol. The molecule has 1 aromatic carbocycles. The SMILES string of the molecule is C=CC(=O)NCc1cnc(-c2sc3c(Br)cnc(N)c3c2-c2ccc(Oc3nccc(C)n3)c(F)c2)c(C)c1. The van der Waals surface area contributed by atoms with Crippen LogP contribution in [0.1, 0.15) is 16.8 Å². The van der Waals surface area contributed by atoms with E-state index < -0.39 is 5.82 Å². The standard InChI is InChI=1S/C28H22BrFN6O2S/c1-4-21(37)33-11-16-9-14(2)24(34-12-16)26-22(23-25(39-26)18(29)13-35-27(23)31)17-5-6-20(19(30)10-17)38-28-32-8-7-15(3)36-28/h4-10,12-13H,1,11H2,2-3H3,(H2,31,35)(H,33,37). The molecule has 0 unspecified atom stereocenters. The molecule has 4 heterocycles. The predicted octanol–water partition coefficient (Wildman–Crippen LogP) is 6.51. The first kappa shape index (κ1) is 26.4. The van der Waals surface area contributed by atoms with Gasteiger partial charge in [-0.15, -0.1) is 11.3 Å². The van der Waals surface area contributed by atoms with Crippen molar-refractivity contribution < 1.29 is 13.9 Å². The van der Waals surface area contributed by atoms with Gasteiger partial charge in [-0.25, -0.2) is 19.3 Å². The number of pyridine rings is 2. The number of aryl methyl sites for hydroxylation is 2. The van der Waals surface area contributed by atoms with E-state index in [2.05, 4.69) is 42.8 Å². The number of amides is 1. The highest BCUT2D eigenvalue weighted by atomic mass is 79.9. The van der Waals surface area contributed by atoms with Gasteiger partial charge >= 0.3 is 6.01 Å². The summed E-state index contributed by atoms with van der Waals surface area (Å²) < 4.78 is 22.6. The minimum absolute atomic E-state index is 0.00191. The Labute approximate surface area is 236 Å². The molecule has 0 aliphatic rings. The summed E-state index contributed by atoms with van der Waals surface area (Å²) in [5, 5.41) is 3.45. The molecule has 0 atom stereocenters. The van der Waals surface area contributed by atoms with Gasteiger partial charge in [0.1, 0.15) is 5.82 Å². The minimum Gasteiger partial charge on any atom is -0.421 e. The fourth-order valence-electron chi connectivity index (χ4n) is 4.08. The Bertz CT molecular complexity index is 1760. The molecule has 1 amide bonds. The summed E-state index contributed by atoms with van der Waals surface area (Å²) in [4.78, 5) is 29.6. The number of benzene rings is 1. The van der Waals surface area contributed by atoms with Crippen molar-refractivity contribution >= 4 is 49.1 Å². The second kappa shape index (κ2) is 10.9. The van der Waals surface area contributed by atoms with Gasteiger partial charge < -0.3 is 15.8 Å². The third-order valence-electron chi connectivity index (χ3n) is 5.89. The van der Waals surface area contributed by atoms with Crippen LogP contribution in [-0.4, -0.2) is 25.8 Å². The Morgan fingerprint density at radius 3 is 2.74 bits per heavy atom. The smallest absolute Gasteiger partial charge is 0.322 e. The maximum atomic E-state index is 15.4. The van der Waals surface area contributed by atoms with Gasteiger partial charge in [0.15, 0.2) is 11.6 Å². The molecule has 196 valence electrons. The lowest BCUT2D eigenvalue weighted by molar-refractivity contribution is -0.116. The molecule has 0 radical (unpaired) electrons. The van der Waals surface area contributed by atoms with Crippen molar-refractivity contribution in [3.8, 4) is 33.5 Å². The van der Waals surface area contributed by atoms with Crippen LogP contribution < -0.4 is 15.8 Å². The Hall–Kier alpha value is -4.22. The summed E-state index contributed by atoms with van der Waals surface area (Å²) in [7, 11) is 0. The summed E-state index contributed by atoms with van der Waals surface area (Å²) in [6.45, 7) is 7.52. The third-order valence-corrected chi connectivity index (χ3v) is 7.99. The van der Waals surface area contributed by atoms with Crippen molar-refractivity contribution in [1.82, 2.24) is 25.3 Å². The van der Waals surface area contributed by atoms with E-state index in [0.717, 1.165) is 25.2 Å². The first-order chi connectivity index (χ1) is 18.7. The number of aromatic nitrogens is 4. The lowest BCUT2D eigenvalue weighted by Gasteiger charge is -2.11. The van der Waals surface area contributed by atoms with E-state index in [1.54, 1.807) is 37.6 Å². The molecule has 5 rings (SSSR count). The van der Waals surface area contributed by atoms with E-state index in [-0.39, 0.29) is 17.7 Å². The number of fused-ring (bicyclic) bond motifs is 1. The predicted molar refractivity (Wildman–Crippen MR) is 154 cm³/mol. The van der Waals surface area contributed by atoms with Gasteiger partial charge in [-0.2, -0.15) is 0 Å². The highest BCUT2D eigenvalue weighted by Gasteiger charge is 2.23. The number of ether oxygens (including phenoxy) is 1. The van der Waals surface area contributed by atoms with Crippen molar-refractivity contribution in [2.45, 2.75) is 20.4 Å². The third kappa shape index (κ3) is 5.36. The van der Waals surface area contributed by atoms with Crippen LogP contribution in [-0.2, 0) is 11.3 Å². The second-order valence-corrected chi connectivity index (χ2v) is 10.5. The summed E-state index contributed by atoms with van der Waals surface area (Å²) >= 11 is 5.06. The Kier molecular flexibility index (Phi) is 7.36. The Morgan fingerprint density at radius 1 is 1.21 bits per heavy atom. The van der Waals surface area contributed by atoms with Crippen LogP contribution in [0.25, 0.3) is 31.8 Å². The number of carbonyl (C=O) groups is 1. The molecule has 0 fully saturated rings. The Balaban J connectivity index is 1.61. The number of carbonyl (C=O) groups excluding carboxylic acids is 1. The molecule has 0 aliphatic heterocycles. The molecule has 0 aliphatic carbocycles. The first-order valence-corrected chi connectivity index (χ1v) is 13.4. The van der Waals surface area contributed by atoms with Gasteiger partial charge in [0.25, 0.3) is 0 Å². The quantitative estimate of drug-likeness (QED) is 0.203. The molecule has 0 saturated heterocycles. The second-order valence-electron chi connectivity index (χ2n) is 8.66. The summed E-state index contributed by atoms with van der Waals surface area (Å²) in [6, 6.07) is 8.43. The highest BCUT2D eigenvalue weighted by molar-refractivity contribution is 9.10. The largest absolute Gasteiger partial charge is 0.421 e. The van der Waals surface area contributed by atoms with Crippen molar-refractivity contribution in [1.29, 1.82) is 0 Å². The van der Waals surface area contributed by atoms with Crippen LogP contribution in [0, 0.1) is 19.7 Å². The molecule has 4 aromatic heterocycles. The van der Waals surface area contributed by atoms with Crippen molar-refractivity contribution in [3.05, 3.63) is 88.7 Å². The fraction of sp³-hybridized carbons (Fsp3) is 0.107. The Morgan fingerprint density at radius 2 is 2.03 bits per heavy atom. The van der Waals surface area contributed by atoms with E-state index in [9.17, 15) is 4.79 Å². The fourth-order valence-corrected chi connectivity index (χ4v) is 5.92. The monoisotopic (exact) mass is 604 g/mol. The zero-order chi connectivity index (χ0) is 27.7. The number of hydrogen-bond acceptors (Lipinski definition) is 8. The van der Waals surface area contributed by atoms with E-state index in [4.69, 9.17) is 15.5 Å². The zero-order valence-electron chi connectivity index (χ0n) is 21.0. The van der Waals surface area contributed by atoms with Gasteiger partial charge in [0.05, 0.1) is 19.7 Å². The number of hydrogen-bond donors (Lipinski definition) is 2. The van der Waals surface area contributed by atoms with Gasteiger partial charge in [0, 0.05) is 41.8 Å². The molecule has 0 spiro atoms. The minimum atomic E-state index is -0.581. The number of nitrogens with one attached hydrogen (secondary N) is 1. The molecule has 5 aromatic rings. The first-order valence-electron chi connectivity index (χ1n) is 11.7. The number of nitrogens with zero attached hydrogens (tertiary/aromatic N) is 4. The molecule has 0 saturated carbocycles. The van der Waals surface area contributed by atoms with Crippen LogP contribution in [0.5, 0.6) is 11.8 Å². The molecule has 11 heteroatoms. The summed E-state index contributed by atoms with van der Waals surface area (Å²) in [6.07, 6.45) is 6.12. The van der Waals surface area contributed by atoms with E-state index in [1.807, 2.05) is 13.0 Å². The topological polar surface area (TPSA) is 116 Å². The number of thiophene rings is 1. The molecule has 0 bridgehead atoms. The number of halogens is 2. The number of nitrogens with two attached hydrogens (primary N) is 1. The number of rotatable bonds is 7. The molecular formula is C28H22BrFN6O2S. The van der Waals surface area contributed by atoms with Gasteiger partial charge in [-0.05, 0) is 70.7 Å². The van der Waals surface area contributed by atoms with Crippen LogP contribution in [0.3, 0.4) is 0 Å². The maximum absolute atomic E-state index is 15.4. The van der Waals surface area contributed by atoms with Crippen molar-refractivity contribution in [3.63, 3.8) is 0 Å². The van der Waals surface area contributed by atoms with E-state index >= 15 is 4.39 Å². The molecular weight excluding hydrogens is 583 g/mol. The molecule has 8 nitrogen and oxygen atoms in total. The summed E-state index contributed by atoms with van der Waals surface area (Å²) in [5.41, 5.74) is 10.8. The van der Waals surface area contributed by atoms with E-state index in [1.165, 1.54) is 29.5 Å². The molecule has 39 heavy (non-hydrogen) atoms. The normalized spacial score (nSPS) is 11.0. The van der Waals surface area contributed by atoms with Crippen LogP contribution in [0.2, 0.25) is 0 Å². The van der Waals surface area contributed by atoms with Crippen LogP contribution in [0.15, 0.2) is 66.1 Å². The average Bonchev–Trinajstić information content (AvgIpc) is 3.32. The van der Waals surface area contributed by atoms with Crippen LogP contribution >= 0.6 is 27.3 Å². The van der Waals surface area contributed by atoms with E-state index in [0.29, 0.717) is 40.3 Å². The number of nitrogen functional groups attached to an aromatic ring is 1. The maximum Gasteiger partial charge on any atom is 0.322 e. The van der Waals surface area contributed by atoms with Gasteiger partial charge in [-0.3, -0.25) is 9.78 Å². The van der Waals surface area contributed by atoms with Crippen LogP contribution in [0.4, 0.5) is 10.2 Å². The number of anilines is 1. The summed E-state index contributed by atoms with van der Waals surface area (Å²) in [5.74, 6) is -0.527. The van der Waals surface area contributed by atoms with Gasteiger partial charge in [0.2, 0.25) is 5.91 Å². The zero-order valence-corrected chi connectivity index (χ0v) is 23.4. The molecule has 3 N–H and O–H groups in total. The lowest BCUT2D eigenvalue weighted by Crippen LogP contribution is -2.20. The highest BCUT2D eigenvalue weighted by Crippen LogP contribution is 2.49. The lowest BCUT2D eigenvalue weighted by atomic mass is 9.99. The van der Waals surface area contributed by atoms with Gasteiger partial charge in [-0.1, -0.05) is 18.7 Å². The van der Waals surface area contributed by atoms with Crippen molar-refractivity contribution in [2.75, 3.05) is 5.73 Å². The van der Waals surface area contributed by atoms with Crippen molar-refractivity contribution in [2.24, 2.45) is 0 Å².